The summed E-state index contributed by atoms with van der Waals surface area (Å²) in [5.74, 6) is 0.0671. The number of rotatable bonds is 6. The van der Waals surface area contributed by atoms with Crippen LogP contribution in [-0.2, 0) is 16.0 Å². The van der Waals surface area contributed by atoms with Crippen molar-refractivity contribution in [3.05, 3.63) is 18.0 Å². The Kier molecular flexibility index (Phi) is 6.26. The minimum absolute atomic E-state index is 0.0211. The van der Waals surface area contributed by atoms with E-state index in [2.05, 4.69) is 20.8 Å². The largest absolute Gasteiger partial charge is 0.390 e. The summed E-state index contributed by atoms with van der Waals surface area (Å²) in [4.78, 5) is 26.5. The molecule has 0 aromatic carbocycles. The molecular formula is C18H29N5O3. The number of nitrogens with zero attached hydrogens (tertiary/aromatic N) is 2. The lowest BCUT2D eigenvalue weighted by molar-refractivity contribution is -0.127. The number of hydrogen-bond acceptors (Lipinski definition) is 5. The highest BCUT2D eigenvalue weighted by Crippen LogP contribution is 2.25. The number of nitrogens with one attached hydrogen (secondary N) is 3. The number of hydrogen-bond donors (Lipinski definition) is 4. The van der Waals surface area contributed by atoms with Gasteiger partial charge in [-0.3, -0.25) is 14.7 Å². The van der Waals surface area contributed by atoms with Gasteiger partial charge in [0.1, 0.15) is 0 Å². The van der Waals surface area contributed by atoms with Gasteiger partial charge in [-0.2, -0.15) is 5.10 Å². The maximum atomic E-state index is 12.4. The number of amides is 2. The fraction of sp³-hybridized carbons (Fsp3) is 0.722. The van der Waals surface area contributed by atoms with Gasteiger partial charge in [0.15, 0.2) is 0 Å². The molecule has 26 heavy (non-hydrogen) atoms. The van der Waals surface area contributed by atoms with E-state index in [1.54, 1.807) is 12.4 Å². The highest BCUT2D eigenvalue weighted by molar-refractivity contribution is 5.79. The molecule has 0 radical (unpaired) electrons. The van der Waals surface area contributed by atoms with Crippen molar-refractivity contribution in [1.82, 2.24) is 25.7 Å². The Bertz CT molecular complexity index is 598. The molecule has 0 bridgehead atoms. The van der Waals surface area contributed by atoms with Gasteiger partial charge < -0.3 is 20.6 Å². The fourth-order valence-electron chi connectivity index (χ4n) is 3.89. The van der Waals surface area contributed by atoms with Crippen LogP contribution in [0.3, 0.4) is 0 Å². The van der Waals surface area contributed by atoms with Crippen molar-refractivity contribution in [1.29, 1.82) is 0 Å². The van der Waals surface area contributed by atoms with Crippen LogP contribution >= 0.6 is 0 Å². The number of aromatic amines is 1. The first-order valence-electron chi connectivity index (χ1n) is 9.45. The summed E-state index contributed by atoms with van der Waals surface area (Å²) in [6.07, 6.45) is 7.37. The van der Waals surface area contributed by atoms with Gasteiger partial charge in [-0.05, 0) is 44.7 Å². The maximum absolute atomic E-state index is 12.4. The van der Waals surface area contributed by atoms with Crippen molar-refractivity contribution in [2.75, 3.05) is 20.1 Å². The van der Waals surface area contributed by atoms with E-state index in [0.29, 0.717) is 25.9 Å². The number of carbonyl (C=O) groups excluding carboxylic acids is 2. The summed E-state index contributed by atoms with van der Waals surface area (Å²) in [5, 5.41) is 22.6. The summed E-state index contributed by atoms with van der Waals surface area (Å²) in [5.41, 5.74) is 1.03. The highest BCUT2D eigenvalue weighted by Gasteiger charge is 2.33. The minimum Gasteiger partial charge on any atom is -0.390 e. The average Bonchev–Trinajstić information content (AvgIpc) is 3.23. The number of likely N-dealkylation sites (tertiary alicyclic amines) is 1. The fourth-order valence-corrected chi connectivity index (χ4v) is 3.89. The van der Waals surface area contributed by atoms with Crippen molar-refractivity contribution >= 4 is 11.8 Å². The molecule has 8 heteroatoms. The Morgan fingerprint density at radius 3 is 2.65 bits per heavy atom. The van der Waals surface area contributed by atoms with Gasteiger partial charge in [0, 0.05) is 37.7 Å². The first kappa shape index (κ1) is 18.8. The third kappa shape index (κ3) is 5.04. The van der Waals surface area contributed by atoms with Gasteiger partial charge in [-0.15, -0.1) is 0 Å². The van der Waals surface area contributed by atoms with Crippen LogP contribution in [0.25, 0.3) is 0 Å². The van der Waals surface area contributed by atoms with Crippen molar-refractivity contribution in [2.24, 2.45) is 5.92 Å². The molecule has 4 N–H and O–H groups in total. The number of β-amino-alcohol motifs (C(OH)–C–C–N with tert-alkyl or cyclic N) is 1. The van der Waals surface area contributed by atoms with Crippen molar-refractivity contribution < 1.29 is 14.7 Å². The number of carbonyl (C=O) groups is 2. The molecule has 144 valence electrons. The second kappa shape index (κ2) is 8.64. The van der Waals surface area contributed by atoms with Crippen LogP contribution in [0.5, 0.6) is 0 Å². The van der Waals surface area contributed by atoms with Crippen LogP contribution in [0.1, 0.15) is 37.7 Å². The standard InChI is InChI=1S/C18H29N5O3/c1-23-10-15(16(24)11-23)22-18(26)13-3-5-14(6-4-13)21-17(25)7-2-12-8-19-20-9-12/h8-9,13-16,24H,2-7,10-11H2,1H3,(H,19,20)(H,21,25)(H,22,26)/t13?,14?,15-,16-/m1/s1. The van der Waals surface area contributed by atoms with Crippen LogP contribution in [0, 0.1) is 5.92 Å². The van der Waals surface area contributed by atoms with Crippen molar-refractivity contribution in [3.63, 3.8) is 0 Å². The van der Waals surface area contributed by atoms with E-state index in [9.17, 15) is 14.7 Å². The zero-order chi connectivity index (χ0) is 18.5. The van der Waals surface area contributed by atoms with Gasteiger partial charge in [0.05, 0.1) is 18.3 Å². The summed E-state index contributed by atoms with van der Waals surface area (Å²) in [7, 11) is 1.94. The molecule has 1 saturated carbocycles. The molecule has 1 aliphatic heterocycles. The molecule has 1 aromatic heterocycles. The molecular weight excluding hydrogens is 334 g/mol. The molecule has 2 aliphatic rings. The lowest BCUT2D eigenvalue weighted by Crippen LogP contribution is -2.47. The molecule has 2 amide bonds. The first-order valence-corrected chi connectivity index (χ1v) is 9.45. The number of aliphatic hydroxyl groups excluding tert-OH is 1. The molecule has 1 aromatic rings. The summed E-state index contributed by atoms with van der Waals surface area (Å²) < 4.78 is 0. The smallest absolute Gasteiger partial charge is 0.223 e. The lowest BCUT2D eigenvalue weighted by Gasteiger charge is -2.29. The SMILES string of the molecule is CN1C[C@@H](O)[C@H](NC(=O)C2CCC(NC(=O)CCc3cn[nH]c3)CC2)C1. The lowest BCUT2D eigenvalue weighted by atomic mass is 9.85. The number of likely N-dealkylation sites (N-methyl/N-ethyl adjacent to an activating group) is 1. The molecule has 3 rings (SSSR count). The Balaban J connectivity index is 1.35. The number of H-pyrrole nitrogens is 1. The van der Waals surface area contributed by atoms with Crippen molar-refractivity contribution in [3.8, 4) is 0 Å². The van der Waals surface area contributed by atoms with Gasteiger partial charge in [-0.1, -0.05) is 0 Å². The molecule has 0 unspecified atom stereocenters. The van der Waals surface area contributed by atoms with Gasteiger partial charge in [0.2, 0.25) is 11.8 Å². The zero-order valence-electron chi connectivity index (χ0n) is 15.3. The van der Waals surface area contributed by atoms with E-state index in [-0.39, 0.29) is 29.8 Å². The Morgan fingerprint density at radius 1 is 1.27 bits per heavy atom. The predicted octanol–water partition coefficient (Wildman–Crippen LogP) is -0.192. The number of aliphatic hydroxyl groups is 1. The van der Waals surface area contributed by atoms with Crippen LogP contribution in [0.15, 0.2) is 12.4 Å². The monoisotopic (exact) mass is 363 g/mol. The second-order valence-electron chi connectivity index (χ2n) is 7.63. The highest BCUT2D eigenvalue weighted by atomic mass is 16.3. The van der Waals surface area contributed by atoms with Gasteiger partial charge >= 0.3 is 0 Å². The molecule has 0 spiro atoms. The molecule has 2 fully saturated rings. The van der Waals surface area contributed by atoms with Crippen LogP contribution < -0.4 is 10.6 Å². The summed E-state index contributed by atoms with van der Waals surface area (Å²) in [6, 6.07) is -0.0213. The Hall–Kier alpha value is -1.93. The van der Waals surface area contributed by atoms with Crippen LogP contribution in [0.2, 0.25) is 0 Å². The molecule has 2 heterocycles. The third-order valence-corrected chi connectivity index (χ3v) is 5.46. The number of aromatic nitrogens is 2. The Morgan fingerprint density at radius 2 is 2.04 bits per heavy atom. The minimum atomic E-state index is -0.491. The first-order chi connectivity index (χ1) is 12.5. The molecule has 1 aliphatic carbocycles. The predicted molar refractivity (Wildman–Crippen MR) is 96.2 cm³/mol. The number of aryl methyl sites for hydroxylation is 1. The van der Waals surface area contributed by atoms with Gasteiger partial charge in [-0.25, -0.2) is 0 Å². The normalized spacial score (nSPS) is 29.5. The van der Waals surface area contributed by atoms with E-state index in [4.69, 9.17) is 0 Å². The molecule has 8 nitrogen and oxygen atoms in total. The quantitative estimate of drug-likeness (QED) is 0.560. The topological polar surface area (TPSA) is 110 Å². The van der Waals surface area contributed by atoms with Crippen LogP contribution in [0.4, 0.5) is 0 Å². The van der Waals surface area contributed by atoms with E-state index in [0.717, 1.165) is 31.2 Å². The molecule has 1 saturated heterocycles. The van der Waals surface area contributed by atoms with E-state index in [1.165, 1.54) is 0 Å². The van der Waals surface area contributed by atoms with Crippen LogP contribution in [-0.4, -0.2) is 70.3 Å². The van der Waals surface area contributed by atoms with Gasteiger partial charge in [0.25, 0.3) is 0 Å². The summed E-state index contributed by atoms with van der Waals surface area (Å²) >= 11 is 0. The maximum Gasteiger partial charge on any atom is 0.223 e. The van der Waals surface area contributed by atoms with E-state index >= 15 is 0 Å². The summed E-state index contributed by atoms with van der Waals surface area (Å²) in [6.45, 7) is 1.29. The molecule has 2 atom stereocenters. The Labute approximate surface area is 153 Å². The van der Waals surface area contributed by atoms with E-state index < -0.39 is 6.10 Å². The second-order valence-corrected chi connectivity index (χ2v) is 7.63. The van der Waals surface area contributed by atoms with Crippen molar-refractivity contribution in [2.45, 2.75) is 56.7 Å². The van der Waals surface area contributed by atoms with E-state index in [1.807, 2.05) is 11.9 Å². The average molecular weight is 363 g/mol. The zero-order valence-corrected chi connectivity index (χ0v) is 15.3. The third-order valence-electron chi connectivity index (χ3n) is 5.46.